The number of ether oxygens (including phenoxy) is 1. The van der Waals surface area contributed by atoms with Gasteiger partial charge in [-0.25, -0.2) is 4.39 Å². The predicted molar refractivity (Wildman–Crippen MR) is 492 cm³/mol. The highest BCUT2D eigenvalue weighted by Gasteiger charge is 2.18. The average molecular weight is 1720 g/mol. The van der Waals surface area contributed by atoms with Crippen molar-refractivity contribution in [1.82, 2.24) is 0 Å². The van der Waals surface area contributed by atoms with E-state index in [1.54, 1.807) is 92.0 Å². The van der Waals surface area contributed by atoms with Crippen molar-refractivity contribution in [3.8, 4) is 52.6 Å². The van der Waals surface area contributed by atoms with E-state index in [-0.39, 0.29) is 114 Å². The van der Waals surface area contributed by atoms with Crippen LogP contribution in [0.3, 0.4) is 0 Å². The van der Waals surface area contributed by atoms with Crippen LogP contribution in [0.15, 0.2) is 249 Å². The molecule has 0 aliphatic rings. The Kier molecular flexibility index (Phi) is 40.3. The summed E-state index contributed by atoms with van der Waals surface area (Å²) in [7, 11) is 1.63. The number of aryl methyl sites for hydroxylation is 12. The number of para-hydroxylation sites is 1. The molecule has 12 aromatic rings. The van der Waals surface area contributed by atoms with Gasteiger partial charge in [-0.15, -0.1) is 6.42 Å². The molecule has 0 atom stereocenters. The van der Waals surface area contributed by atoms with E-state index in [4.69, 9.17) is 46.0 Å². The molecule has 12 rings (SSSR count). The molecule has 0 saturated heterocycles. The van der Waals surface area contributed by atoms with Gasteiger partial charge in [0.05, 0.1) is 7.11 Å². The number of hydrogen-bond donors (Lipinski definition) is 6. The Labute approximate surface area is 737 Å². The average Bonchev–Trinajstić information content (AvgIpc) is 0.881. The molecule has 13 nitrogen and oxygen atoms in total. The van der Waals surface area contributed by atoms with E-state index < -0.39 is 0 Å². The maximum absolute atomic E-state index is 13.4. The number of phenolic OH excluding ortho intramolecular Hbond substituents is 6. The van der Waals surface area contributed by atoms with Crippen molar-refractivity contribution in [2.45, 2.75) is 164 Å². The molecular weight excluding hydrogens is 1610 g/mol. The van der Waals surface area contributed by atoms with E-state index >= 15 is 0 Å². The van der Waals surface area contributed by atoms with Gasteiger partial charge < -0.3 is 35.4 Å². The lowest BCUT2D eigenvalue weighted by Gasteiger charge is -2.08. The summed E-state index contributed by atoms with van der Waals surface area (Å²) >= 11 is 18.2. The van der Waals surface area contributed by atoms with Crippen LogP contribution in [0, 0.1) is 66.6 Å². The summed E-state index contributed by atoms with van der Waals surface area (Å²) in [5, 5.41) is 60.4. The molecule has 6 N–H and O–H groups in total. The first-order valence-corrected chi connectivity index (χ1v) is 41.9. The normalized spacial score (nSPS) is 10.4. The molecule has 17 heteroatoms. The van der Waals surface area contributed by atoms with Gasteiger partial charge in [0.15, 0.2) is 0 Å². The van der Waals surface area contributed by atoms with Crippen LogP contribution in [0.1, 0.15) is 150 Å². The quantitative estimate of drug-likeness (QED) is 0.0222. The number of carbonyl (C=O) groups is 6. The van der Waals surface area contributed by atoms with Crippen LogP contribution < -0.4 is 4.74 Å². The minimum Gasteiger partial charge on any atom is -0.508 e. The molecule has 0 radical (unpaired) electrons. The lowest BCUT2D eigenvalue weighted by atomic mass is 9.98. The van der Waals surface area contributed by atoms with Gasteiger partial charge in [-0.3, -0.25) is 28.8 Å². The van der Waals surface area contributed by atoms with Crippen molar-refractivity contribution in [2.24, 2.45) is 0 Å². The fourth-order valence-electron chi connectivity index (χ4n) is 13.4. The molecular formula is C106H108Cl3FO13. The van der Waals surface area contributed by atoms with E-state index in [1.807, 2.05) is 187 Å². The first kappa shape index (κ1) is 97.7. The second kappa shape index (κ2) is 50.8. The molecule has 638 valence electrons. The summed E-state index contributed by atoms with van der Waals surface area (Å²) in [5.41, 5.74) is 17.9. The van der Waals surface area contributed by atoms with Crippen molar-refractivity contribution in [3.05, 3.63) is 381 Å². The molecule has 0 amide bonds. The van der Waals surface area contributed by atoms with Crippen molar-refractivity contribution in [1.29, 1.82) is 0 Å². The number of halogens is 4. The number of benzene rings is 12. The van der Waals surface area contributed by atoms with Gasteiger partial charge in [0, 0.05) is 131 Å². The molecule has 0 heterocycles. The Morgan fingerprint density at radius 1 is 0.301 bits per heavy atom. The predicted octanol–water partition coefficient (Wildman–Crippen LogP) is 23.1. The first-order valence-electron chi connectivity index (χ1n) is 40.8. The van der Waals surface area contributed by atoms with Gasteiger partial charge in [0.25, 0.3) is 0 Å². The molecule has 123 heavy (non-hydrogen) atoms. The molecule has 0 spiro atoms. The minimum absolute atomic E-state index is 0.00541. The summed E-state index contributed by atoms with van der Waals surface area (Å²) < 4.78 is 18.7. The number of rotatable bonds is 31. The molecule has 0 aliphatic carbocycles. The van der Waals surface area contributed by atoms with E-state index in [2.05, 4.69) is 25.0 Å². The lowest BCUT2D eigenvalue weighted by molar-refractivity contribution is -0.119. The van der Waals surface area contributed by atoms with Gasteiger partial charge >= 0.3 is 0 Å². The van der Waals surface area contributed by atoms with E-state index in [0.717, 1.165) is 78.9 Å². The highest BCUT2D eigenvalue weighted by Crippen LogP contribution is 2.30. The Morgan fingerprint density at radius 2 is 0.569 bits per heavy atom. The molecule has 0 aromatic heterocycles. The third-order valence-electron chi connectivity index (χ3n) is 20.4. The smallest absolute Gasteiger partial charge is 0.137 e. The molecule has 12 aromatic carbocycles. The fraction of sp³-hybridized carbons (Fsp3) is 0.245. The van der Waals surface area contributed by atoms with Crippen LogP contribution in [0.5, 0.6) is 40.2 Å². The first-order chi connectivity index (χ1) is 58.8. The number of phenols is 6. The van der Waals surface area contributed by atoms with Crippen LogP contribution >= 0.6 is 34.8 Å². The minimum atomic E-state index is -0.279. The highest BCUT2D eigenvalue weighted by molar-refractivity contribution is 6.36. The maximum Gasteiger partial charge on any atom is 0.137 e. The van der Waals surface area contributed by atoms with Crippen molar-refractivity contribution < 1.29 is 68.5 Å². The van der Waals surface area contributed by atoms with E-state index in [0.29, 0.717) is 119 Å². The van der Waals surface area contributed by atoms with Crippen LogP contribution in [0.4, 0.5) is 4.39 Å². The summed E-state index contributed by atoms with van der Waals surface area (Å²) in [4.78, 5) is 72.2. The summed E-state index contributed by atoms with van der Waals surface area (Å²) in [6.45, 7) is 13.7. The summed E-state index contributed by atoms with van der Waals surface area (Å²) in [5.74, 6) is 4.73. The standard InChI is InChI=1S/C19H18O2.C18H20O3.C18H20O2.C17H16Cl2O2.C17H17ClO2.C17H17FO2/c1-3-15-6-4-5-7-16(15)9-10-18(20)13-17-12-14(2)8-11-19(17)21;1-13-7-10-17(20)15(11-13)12-16(19)9-8-14-5-3-4-6-18(14)21-2;1-13-7-10-18(20)16(11-13)12-17(19)9-8-15-6-4-3-5-14(15)2;1-11-5-8-17(21)12(9-11)10-13(20)6-7-14-15(18)3-2-4-16(14)19;2*1-12-6-9-17(20)14(10-12)11-15(19)8-7-13-4-2-3-5-16(13)18/h1,4-8,11-12,21H,9-10,13H2,2H3;3-7,10-11,20H,8-9,12H2,1-2H3;3-7,10-11,20H,8-9,12H2,1-2H3;2-5,8-9,21H,6-7,10H2,1H3;2*2-6,9-10,20H,7-8,11H2,1H3. The molecule has 0 bridgehead atoms. The molecule has 0 unspecified atom stereocenters. The molecule has 0 saturated carbocycles. The van der Waals surface area contributed by atoms with Gasteiger partial charge in [0.1, 0.15) is 80.8 Å². The van der Waals surface area contributed by atoms with Crippen LogP contribution in [0.2, 0.25) is 15.1 Å². The Morgan fingerprint density at radius 3 is 0.919 bits per heavy atom. The van der Waals surface area contributed by atoms with Crippen LogP contribution in [-0.4, -0.2) is 72.4 Å². The maximum atomic E-state index is 13.4. The number of carbonyl (C=O) groups excluding carboxylic acids is 6. The lowest BCUT2D eigenvalue weighted by Crippen LogP contribution is -2.05. The highest BCUT2D eigenvalue weighted by atomic mass is 35.5. The largest absolute Gasteiger partial charge is 0.508 e. The summed E-state index contributed by atoms with van der Waals surface area (Å²) in [6.07, 6.45) is 12.9. The van der Waals surface area contributed by atoms with E-state index in [1.165, 1.54) is 17.2 Å². The third kappa shape index (κ3) is 34.2. The zero-order chi connectivity index (χ0) is 89.5. The molecule has 0 fully saturated rings. The zero-order valence-electron chi connectivity index (χ0n) is 71.0. The number of terminal acetylenes is 1. The topological polar surface area (TPSA) is 233 Å². The van der Waals surface area contributed by atoms with Crippen molar-refractivity contribution in [2.75, 3.05) is 7.11 Å². The van der Waals surface area contributed by atoms with Crippen molar-refractivity contribution >= 4 is 69.5 Å². The van der Waals surface area contributed by atoms with Crippen LogP contribution in [0.25, 0.3) is 0 Å². The van der Waals surface area contributed by atoms with Crippen molar-refractivity contribution in [3.63, 3.8) is 0 Å². The Hall–Kier alpha value is -12.4. The number of Topliss-reactive ketones (excluding diaryl/α,β-unsaturated/α-hetero) is 6. The Balaban J connectivity index is 0.000000203. The molecule has 0 aliphatic heterocycles. The summed E-state index contributed by atoms with van der Waals surface area (Å²) in [6, 6.07) is 74.6. The van der Waals surface area contributed by atoms with Gasteiger partial charge in [-0.1, -0.05) is 250 Å². The van der Waals surface area contributed by atoms with Gasteiger partial charge in [-0.05, 0) is 199 Å². The van der Waals surface area contributed by atoms with E-state index in [9.17, 15) is 63.8 Å². The number of hydrogen-bond acceptors (Lipinski definition) is 13. The second-order valence-electron chi connectivity index (χ2n) is 30.5. The second-order valence-corrected chi connectivity index (χ2v) is 31.7. The third-order valence-corrected chi connectivity index (χ3v) is 21.4. The van der Waals surface area contributed by atoms with Crippen LogP contribution in [-0.2, 0) is 106 Å². The van der Waals surface area contributed by atoms with Gasteiger partial charge in [0.2, 0.25) is 0 Å². The number of aromatic hydroxyl groups is 6. The zero-order valence-corrected chi connectivity index (χ0v) is 73.3. The number of methoxy groups -OCH3 is 1. The SMILES string of the molecule is C#Cc1ccccc1CCC(=O)Cc1cc(C)ccc1O.COc1ccccc1CCC(=O)Cc1cc(C)ccc1O.Cc1ccc(O)c(CC(=O)CCc2c(Cl)cccc2Cl)c1.Cc1ccc(O)c(CC(=O)CCc2ccccc2C)c1.Cc1ccc(O)c(CC(=O)CCc2ccccc2Cl)c1.Cc1ccc(O)c(CC(=O)CCc2ccccc2F)c1. The Bertz CT molecular complexity index is 5340. The number of ketones is 6. The monoisotopic (exact) mass is 1710 g/mol. The van der Waals surface area contributed by atoms with Gasteiger partial charge in [-0.2, -0.15) is 0 Å². The fourth-order valence-corrected chi connectivity index (χ4v) is 14.2.